The average Bonchev–Trinajstić information content (AvgIpc) is 2.61. The Morgan fingerprint density at radius 2 is 1.45 bits per heavy atom. The van der Waals surface area contributed by atoms with Crippen LogP contribution in [0.4, 0.5) is 0 Å². The van der Waals surface area contributed by atoms with Gasteiger partial charge in [-0.15, -0.1) is 0 Å². The molecular formula is C19H12Cl4O5S. The first kappa shape index (κ1) is 22.0. The third-order valence-electron chi connectivity index (χ3n) is 4.37. The van der Waals surface area contributed by atoms with Crippen LogP contribution in [0.3, 0.4) is 0 Å². The first-order valence-corrected chi connectivity index (χ1v) is 10.8. The number of rotatable bonds is 4. The summed E-state index contributed by atoms with van der Waals surface area (Å²) >= 11 is 24.7. The largest absolute Gasteiger partial charge is 0.508 e. The minimum Gasteiger partial charge on any atom is -0.508 e. The highest BCUT2D eigenvalue weighted by Gasteiger charge is 2.51. The molecule has 3 aromatic carbocycles. The molecule has 0 aliphatic heterocycles. The Morgan fingerprint density at radius 1 is 0.793 bits per heavy atom. The average molecular weight is 494 g/mol. The van der Waals surface area contributed by atoms with Crippen LogP contribution in [0.1, 0.15) is 16.7 Å². The minimum atomic E-state index is -5.07. The second kappa shape index (κ2) is 7.87. The van der Waals surface area contributed by atoms with Gasteiger partial charge >= 0.3 is 0 Å². The fraction of sp³-hybridized carbons (Fsp3) is 0.0526. The number of aromatic hydroxyl groups is 2. The van der Waals surface area contributed by atoms with Crippen LogP contribution in [0, 0.1) is 0 Å². The van der Waals surface area contributed by atoms with Crippen molar-refractivity contribution in [1.82, 2.24) is 0 Å². The maximum atomic E-state index is 13.0. The van der Waals surface area contributed by atoms with Crippen LogP contribution in [0.5, 0.6) is 11.5 Å². The van der Waals surface area contributed by atoms with E-state index in [9.17, 15) is 23.2 Å². The van der Waals surface area contributed by atoms with E-state index in [1.54, 1.807) is 6.07 Å². The highest BCUT2D eigenvalue weighted by Crippen LogP contribution is 2.51. The van der Waals surface area contributed by atoms with Crippen molar-refractivity contribution in [3.05, 3.63) is 91.4 Å². The van der Waals surface area contributed by atoms with E-state index in [4.69, 9.17) is 46.4 Å². The summed E-state index contributed by atoms with van der Waals surface area (Å²) in [6, 6.07) is 11.8. The lowest BCUT2D eigenvalue weighted by Crippen LogP contribution is -2.39. The highest BCUT2D eigenvalue weighted by molar-refractivity contribution is 7.87. The van der Waals surface area contributed by atoms with Crippen molar-refractivity contribution < 1.29 is 23.2 Å². The molecule has 0 aromatic heterocycles. The van der Waals surface area contributed by atoms with Crippen molar-refractivity contribution >= 4 is 56.5 Å². The first-order valence-electron chi connectivity index (χ1n) is 7.89. The van der Waals surface area contributed by atoms with E-state index in [1.165, 1.54) is 36.4 Å². The lowest BCUT2D eigenvalue weighted by Gasteiger charge is -2.34. The zero-order chi connectivity index (χ0) is 21.6. The van der Waals surface area contributed by atoms with Gasteiger partial charge in [0.05, 0.1) is 5.02 Å². The van der Waals surface area contributed by atoms with Crippen LogP contribution in [0.25, 0.3) is 0 Å². The lowest BCUT2D eigenvalue weighted by molar-refractivity contribution is 0.455. The third kappa shape index (κ3) is 3.65. The van der Waals surface area contributed by atoms with Gasteiger partial charge in [0.1, 0.15) is 16.5 Å². The van der Waals surface area contributed by atoms with Crippen molar-refractivity contribution in [2.75, 3.05) is 0 Å². The summed E-state index contributed by atoms with van der Waals surface area (Å²) in [5, 5.41) is 19.3. The molecule has 0 saturated heterocycles. The summed E-state index contributed by atoms with van der Waals surface area (Å²) < 4.78 is 34.1. The van der Waals surface area contributed by atoms with Crippen LogP contribution in [-0.2, 0) is 14.9 Å². The second-order valence-electron chi connectivity index (χ2n) is 6.09. The molecule has 0 bridgehead atoms. The van der Waals surface area contributed by atoms with E-state index in [0.29, 0.717) is 0 Å². The van der Waals surface area contributed by atoms with Gasteiger partial charge in [0.25, 0.3) is 10.1 Å². The molecule has 5 nitrogen and oxygen atoms in total. The molecule has 0 amide bonds. The topological polar surface area (TPSA) is 94.8 Å². The Bertz CT molecular complexity index is 1190. The standard InChI is InChI=1S/C19H12Cl4O5S/c20-11-7-10(8-12(24)9-11)19(29(26,27)28,13-3-1-2-4-15(13)21)14-5-6-16(25)18(23)17(14)22/h1-9,24-25H,(H,26,27,28). The van der Waals surface area contributed by atoms with Gasteiger partial charge < -0.3 is 10.2 Å². The predicted molar refractivity (Wildman–Crippen MR) is 114 cm³/mol. The van der Waals surface area contributed by atoms with Crippen LogP contribution in [0.15, 0.2) is 54.6 Å². The Hall–Kier alpha value is -1.67. The first-order chi connectivity index (χ1) is 13.5. The van der Waals surface area contributed by atoms with Crippen molar-refractivity contribution in [3.8, 4) is 11.5 Å². The molecule has 1 unspecified atom stereocenters. The molecule has 0 spiro atoms. The molecule has 0 saturated carbocycles. The van der Waals surface area contributed by atoms with E-state index < -0.39 is 20.6 Å². The zero-order valence-electron chi connectivity index (χ0n) is 14.3. The van der Waals surface area contributed by atoms with Gasteiger partial charge in [0, 0.05) is 21.2 Å². The molecular weight excluding hydrogens is 482 g/mol. The molecule has 152 valence electrons. The number of phenolic OH excluding ortho intramolecular Hbond substituents is 2. The van der Waals surface area contributed by atoms with Crippen molar-refractivity contribution in [2.45, 2.75) is 4.75 Å². The van der Waals surface area contributed by atoms with Gasteiger partial charge in [0.2, 0.25) is 0 Å². The van der Waals surface area contributed by atoms with E-state index in [0.717, 1.165) is 12.1 Å². The summed E-state index contributed by atoms with van der Waals surface area (Å²) in [5.41, 5.74) is -0.393. The summed E-state index contributed by atoms with van der Waals surface area (Å²) in [6.45, 7) is 0. The van der Waals surface area contributed by atoms with Gasteiger partial charge in [0.15, 0.2) is 4.75 Å². The van der Waals surface area contributed by atoms with Crippen LogP contribution < -0.4 is 0 Å². The number of hydrogen-bond donors (Lipinski definition) is 3. The number of benzene rings is 3. The molecule has 0 aliphatic carbocycles. The highest BCUT2D eigenvalue weighted by atomic mass is 35.5. The fourth-order valence-electron chi connectivity index (χ4n) is 3.22. The lowest BCUT2D eigenvalue weighted by atomic mass is 9.83. The van der Waals surface area contributed by atoms with Gasteiger partial charge in [-0.1, -0.05) is 70.7 Å². The normalized spacial score (nSPS) is 13.8. The van der Waals surface area contributed by atoms with Gasteiger partial charge in [-0.05, 0) is 35.9 Å². The van der Waals surface area contributed by atoms with Crippen LogP contribution >= 0.6 is 46.4 Å². The van der Waals surface area contributed by atoms with E-state index >= 15 is 0 Å². The quantitative estimate of drug-likeness (QED) is 0.311. The Balaban J connectivity index is 2.63. The summed E-state index contributed by atoms with van der Waals surface area (Å²) in [7, 11) is -5.07. The van der Waals surface area contributed by atoms with Crippen molar-refractivity contribution in [3.63, 3.8) is 0 Å². The summed E-state index contributed by atoms with van der Waals surface area (Å²) in [5.74, 6) is -0.744. The molecule has 0 fully saturated rings. The molecule has 3 N–H and O–H groups in total. The monoisotopic (exact) mass is 492 g/mol. The predicted octanol–water partition coefficient (Wildman–Crippen LogP) is 5.89. The number of hydrogen-bond acceptors (Lipinski definition) is 4. The number of halogens is 4. The maximum absolute atomic E-state index is 13.0. The van der Waals surface area contributed by atoms with Crippen molar-refractivity contribution in [1.29, 1.82) is 0 Å². The fourth-order valence-corrected chi connectivity index (χ4v) is 5.62. The van der Waals surface area contributed by atoms with Gasteiger partial charge in [-0.25, -0.2) is 0 Å². The van der Waals surface area contributed by atoms with E-state index in [2.05, 4.69) is 0 Å². The molecule has 29 heavy (non-hydrogen) atoms. The van der Waals surface area contributed by atoms with Crippen LogP contribution in [-0.4, -0.2) is 23.2 Å². The molecule has 3 aromatic rings. The Kier molecular flexibility index (Phi) is 5.98. The SMILES string of the molecule is O=S(=O)(O)C(c1cc(O)cc(Cl)c1)(c1ccccc1Cl)c1ccc(O)c(Cl)c1Cl. The summed E-state index contributed by atoms with van der Waals surface area (Å²) in [6.07, 6.45) is 0. The van der Waals surface area contributed by atoms with Crippen molar-refractivity contribution in [2.24, 2.45) is 0 Å². The molecule has 3 rings (SSSR count). The zero-order valence-corrected chi connectivity index (χ0v) is 18.1. The minimum absolute atomic E-state index is 0.000997. The smallest absolute Gasteiger partial charge is 0.283 e. The van der Waals surface area contributed by atoms with Crippen LogP contribution in [0.2, 0.25) is 20.1 Å². The maximum Gasteiger partial charge on any atom is 0.283 e. The van der Waals surface area contributed by atoms with Gasteiger partial charge in [-0.3, -0.25) is 4.55 Å². The molecule has 0 heterocycles. The van der Waals surface area contributed by atoms with E-state index in [-0.39, 0.29) is 42.5 Å². The Morgan fingerprint density at radius 3 is 2.03 bits per heavy atom. The second-order valence-corrected chi connectivity index (χ2v) is 9.26. The molecule has 1 atom stereocenters. The van der Waals surface area contributed by atoms with E-state index in [1.807, 2.05) is 0 Å². The molecule has 0 aliphatic rings. The third-order valence-corrected chi connectivity index (χ3v) is 7.24. The molecule has 0 radical (unpaired) electrons. The van der Waals surface area contributed by atoms with Gasteiger partial charge in [-0.2, -0.15) is 8.42 Å². The number of phenols is 2. The molecule has 10 heteroatoms. The Labute approximate surface area is 186 Å². The summed E-state index contributed by atoms with van der Waals surface area (Å²) in [4.78, 5) is 0.